The number of hydrogen-bond donors (Lipinski definition) is 2. The van der Waals surface area contributed by atoms with Crippen LogP contribution in [0.4, 0.5) is 11.4 Å². The molecule has 6 nitrogen and oxygen atoms in total. The van der Waals surface area contributed by atoms with E-state index >= 15 is 0 Å². The highest BCUT2D eigenvalue weighted by Crippen LogP contribution is 2.24. The maximum Gasteiger partial charge on any atom is 0.250 e. The van der Waals surface area contributed by atoms with Crippen LogP contribution in [0.5, 0.6) is 0 Å². The summed E-state index contributed by atoms with van der Waals surface area (Å²) < 4.78 is 5.51. The van der Waals surface area contributed by atoms with Crippen molar-refractivity contribution in [2.24, 2.45) is 0 Å². The van der Waals surface area contributed by atoms with Crippen molar-refractivity contribution in [3.05, 3.63) is 131 Å². The molecule has 0 saturated carbocycles. The number of ketones is 1. The van der Waals surface area contributed by atoms with Crippen molar-refractivity contribution in [3.63, 3.8) is 0 Å². The first-order chi connectivity index (χ1) is 18.0. The van der Waals surface area contributed by atoms with Crippen LogP contribution in [0.3, 0.4) is 0 Å². The largest absolute Gasteiger partial charge is 0.367 e. The Kier molecular flexibility index (Phi) is 8.57. The smallest absolute Gasteiger partial charge is 0.250 e. The molecule has 2 N–H and O–H groups in total. The van der Waals surface area contributed by atoms with Gasteiger partial charge in [0.15, 0.2) is 5.78 Å². The Balaban J connectivity index is 1.47. The number of anilines is 2. The summed E-state index contributed by atoms with van der Waals surface area (Å²) in [7, 11) is 0. The molecule has 0 aromatic heterocycles. The predicted molar refractivity (Wildman–Crippen MR) is 145 cm³/mol. The van der Waals surface area contributed by atoms with E-state index in [9.17, 15) is 14.4 Å². The Labute approximate surface area is 216 Å². The lowest BCUT2D eigenvalue weighted by atomic mass is 10.0. The number of amides is 2. The van der Waals surface area contributed by atoms with Crippen molar-refractivity contribution in [2.45, 2.75) is 20.0 Å². The lowest BCUT2D eigenvalue weighted by molar-refractivity contribution is -0.121. The third kappa shape index (κ3) is 7.46. The quantitative estimate of drug-likeness (QED) is 0.284. The fourth-order valence-corrected chi connectivity index (χ4v) is 3.78. The van der Waals surface area contributed by atoms with E-state index in [1.54, 1.807) is 42.5 Å². The van der Waals surface area contributed by atoms with E-state index < -0.39 is 0 Å². The molecule has 4 aromatic carbocycles. The second-order valence-electron chi connectivity index (χ2n) is 8.69. The topological polar surface area (TPSA) is 84.5 Å². The fourth-order valence-electron chi connectivity index (χ4n) is 3.78. The van der Waals surface area contributed by atoms with Crippen LogP contribution in [0.25, 0.3) is 0 Å². The van der Waals surface area contributed by atoms with Crippen molar-refractivity contribution in [3.8, 4) is 0 Å². The van der Waals surface area contributed by atoms with Crippen molar-refractivity contribution in [1.29, 1.82) is 0 Å². The van der Waals surface area contributed by atoms with Crippen molar-refractivity contribution in [1.82, 2.24) is 0 Å². The summed E-state index contributed by atoms with van der Waals surface area (Å²) in [6.07, 6.45) is 0.177. The number of benzene rings is 4. The Morgan fingerprint density at radius 3 is 2.08 bits per heavy atom. The molecule has 0 unspecified atom stereocenters. The van der Waals surface area contributed by atoms with Gasteiger partial charge >= 0.3 is 0 Å². The highest BCUT2D eigenvalue weighted by atomic mass is 16.5. The minimum Gasteiger partial charge on any atom is -0.367 e. The van der Waals surface area contributed by atoms with Gasteiger partial charge < -0.3 is 15.4 Å². The Bertz CT molecular complexity index is 1370. The van der Waals surface area contributed by atoms with Crippen LogP contribution in [0.15, 0.2) is 103 Å². The van der Waals surface area contributed by atoms with E-state index in [4.69, 9.17) is 4.74 Å². The van der Waals surface area contributed by atoms with E-state index in [1.807, 2.05) is 67.6 Å². The Morgan fingerprint density at radius 1 is 0.703 bits per heavy atom. The van der Waals surface area contributed by atoms with E-state index in [0.29, 0.717) is 23.5 Å². The molecule has 6 heteroatoms. The van der Waals surface area contributed by atoms with Gasteiger partial charge in [0.25, 0.3) is 0 Å². The van der Waals surface area contributed by atoms with Gasteiger partial charge in [-0.1, -0.05) is 90.5 Å². The molecule has 4 aromatic rings. The van der Waals surface area contributed by atoms with E-state index in [-0.39, 0.29) is 36.2 Å². The molecule has 0 spiro atoms. The summed E-state index contributed by atoms with van der Waals surface area (Å²) >= 11 is 0. The zero-order chi connectivity index (χ0) is 26.0. The van der Waals surface area contributed by atoms with Crippen molar-refractivity contribution in [2.75, 3.05) is 17.2 Å². The zero-order valence-electron chi connectivity index (χ0n) is 20.6. The van der Waals surface area contributed by atoms with Gasteiger partial charge in [-0.15, -0.1) is 0 Å². The second kappa shape index (κ2) is 12.4. The van der Waals surface area contributed by atoms with Gasteiger partial charge in [-0.3, -0.25) is 14.4 Å². The normalized spacial score (nSPS) is 10.5. The standard InChI is InChI=1S/C31H28N2O4/c1-22-12-14-23(15-13-22)18-29(34)33-28-17-16-26(19-27(28)31(36)25-10-6-3-7-11-25)32-30(35)21-37-20-24-8-4-2-5-9-24/h2-17,19H,18,20-21H2,1H3,(H,32,35)(H,33,34). The molecule has 0 saturated heterocycles. The molecule has 0 bridgehead atoms. The molecule has 37 heavy (non-hydrogen) atoms. The summed E-state index contributed by atoms with van der Waals surface area (Å²) in [6, 6.07) is 30.9. The molecule has 0 heterocycles. The molecule has 0 aliphatic carbocycles. The number of carbonyl (C=O) groups excluding carboxylic acids is 3. The highest BCUT2D eigenvalue weighted by Gasteiger charge is 2.17. The first kappa shape index (κ1) is 25.5. The molecule has 186 valence electrons. The van der Waals surface area contributed by atoms with Gasteiger partial charge in [0, 0.05) is 16.8 Å². The van der Waals surface area contributed by atoms with Crippen molar-refractivity contribution < 1.29 is 19.1 Å². The first-order valence-electron chi connectivity index (χ1n) is 12.0. The lowest BCUT2D eigenvalue weighted by Crippen LogP contribution is -2.20. The van der Waals surface area contributed by atoms with E-state index in [0.717, 1.165) is 16.7 Å². The van der Waals surface area contributed by atoms with Gasteiger partial charge in [-0.2, -0.15) is 0 Å². The summed E-state index contributed by atoms with van der Waals surface area (Å²) in [5.74, 6) is -0.843. The summed E-state index contributed by atoms with van der Waals surface area (Å²) in [5, 5.41) is 5.63. The lowest BCUT2D eigenvalue weighted by Gasteiger charge is -2.14. The Morgan fingerprint density at radius 2 is 1.38 bits per heavy atom. The monoisotopic (exact) mass is 492 g/mol. The predicted octanol–water partition coefficient (Wildman–Crippen LogP) is 5.56. The minimum atomic E-state index is -0.342. The highest BCUT2D eigenvalue weighted by molar-refractivity contribution is 6.14. The van der Waals surface area contributed by atoms with Crippen LogP contribution in [0.2, 0.25) is 0 Å². The van der Waals surface area contributed by atoms with Gasteiger partial charge in [0.05, 0.1) is 18.7 Å². The maximum absolute atomic E-state index is 13.3. The average Bonchev–Trinajstić information content (AvgIpc) is 2.91. The zero-order valence-corrected chi connectivity index (χ0v) is 20.6. The third-order valence-electron chi connectivity index (χ3n) is 5.69. The van der Waals surface area contributed by atoms with Crippen molar-refractivity contribution >= 4 is 29.0 Å². The van der Waals surface area contributed by atoms with Gasteiger partial charge in [0.1, 0.15) is 6.61 Å². The molecule has 0 aliphatic rings. The number of aryl methyl sites for hydroxylation is 1. The second-order valence-corrected chi connectivity index (χ2v) is 8.69. The summed E-state index contributed by atoms with van der Waals surface area (Å²) in [6.45, 7) is 2.17. The molecule has 2 amide bonds. The van der Waals surface area contributed by atoms with Gasteiger partial charge in [-0.05, 0) is 36.2 Å². The van der Waals surface area contributed by atoms with Crippen LogP contribution in [-0.4, -0.2) is 24.2 Å². The number of carbonyl (C=O) groups is 3. The molecular weight excluding hydrogens is 464 g/mol. The van der Waals surface area contributed by atoms with Crippen LogP contribution in [-0.2, 0) is 27.4 Å². The molecule has 0 fully saturated rings. The SMILES string of the molecule is Cc1ccc(CC(=O)Nc2ccc(NC(=O)COCc3ccccc3)cc2C(=O)c2ccccc2)cc1. The first-order valence-corrected chi connectivity index (χ1v) is 12.0. The third-order valence-corrected chi connectivity index (χ3v) is 5.69. The molecule has 4 rings (SSSR count). The number of hydrogen-bond acceptors (Lipinski definition) is 4. The Hall–Kier alpha value is -4.55. The van der Waals surface area contributed by atoms with Crippen LogP contribution in [0.1, 0.15) is 32.6 Å². The molecule has 0 radical (unpaired) electrons. The number of rotatable bonds is 10. The van der Waals surface area contributed by atoms with Gasteiger partial charge in [-0.25, -0.2) is 0 Å². The van der Waals surface area contributed by atoms with Crippen LogP contribution in [0, 0.1) is 6.92 Å². The number of nitrogens with one attached hydrogen (secondary N) is 2. The molecular formula is C31H28N2O4. The summed E-state index contributed by atoms with van der Waals surface area (Å²) in [4.78, 5) is 38.5. The average molecular weight is 493 g/mol. The van der Waals surface area contributed by atoms with E-state index in [2.05, 4.69) is 10.6 Å². The molecule has 0 aliphatic heterocycles. The van der Waals surface area contributed by atoms with Crippen LogP contribution < -0.4 is 10.6 Å². The maximum atomic E-state index is 13.3. The van der Waals surface area contributed by atoms with Crippen LogP contribution >= 0.6 is 0 Å². The minimum absolute atomic E-state index is 0.133. The fraction of sp³-hybridized carbons (Fsp3) is 0.129. The number of ether oxygens (including phenoxy) is 1. The summed E-state index contributed by atoms with van der Waals surface area (Å²) in [5.41, 5.74) is 4.53. The van der Waals surface area contributed by atoms with E-state index in [1.165, 1.54) is 0 Å². The van der Waals surface area contributed by atoms with Gasteiger partial charge in [0.2, 0.25) is 11.8 Å². The molecule has 0 atom stereocenters.